The summed E-state index contributed by atoms with van der Waals surface area (Å²) in [5.41, 5.74) is 5.75. The number of nitrogens with two attached hydrogens (primary N) is 1. The fourth-order valence-electron chi connectivity index (χ4n) is 3.77. The molecule has 3 heterocycles. The number of amides is 1. The smallest absolute Gasteiger partial charge is 0.239 e. The first kappa shape index (κ1) is 19.9. The molecule has 2 N–H and O–H groups in total. The van der Waals surface area contributed by atoms with Crippen LogP contribution in [0.15, 0.2) is 24.4 Å². The minimum absolute atomic E-state index is 0. The first-order valence-corrected chi connectivity index (χ1v) is 9.06. The fourth-order valence-corrected chi connectivity index (χ4v) is 3.77. The largest absolute Gasteiger partial charge is 0.354 e. The summed E-state index contributed by atoms with van der Waals surface area (Å²) in [5, 5.41) is 0. The van der Waals surface area contributed by atoms with Gasteiger partial charge in [0.2, 0.25) is 5.91 Å². The second-order valence-electron chi connectivity index (χ2n) is 7.06. The van der Waals surface area contributed by atoms with Gasteiger partial charge in [0.25, 0.3) is 0 Å². The number of halogens is 1. The van der Waals surface area contributed by atoms with Crippen LogP contribution in [0, 0.1) is 5.92 Å². The first-order chi connectivity index (χ1) is 11.6. The van der Waals surface area contributed by atoms with Gasteiger partial charge in [-0.1, -0.05) is 6.07 Å². The number of carbonyl (C=O) groups is 1. The van der Waals surface area contributed by atoms with E-state index in [0.29, 0.717) is 5.92 Å². The Hall–Kier alpha value is -1.37. The minimum atomic E-state index is -0.384. The molecule has 25 heavy (non-hydrogen) atoms. The number of pyridine rings is 1. The molecule has 0 saturated carbocycles. The van der Waals surface area contributed by atoms with E-state index in [1.807, 2.05) is 23.2 Å². The zero-order chi connectivity index (χ0) is 16.9. The molecule has 1 aromatic heterocycles. The van der Waals surface area contributed by atoms with Gasteiger partial charge in [0.1, 0.15) is 5.82 Å². The number of anilines is 1. The van der Waals surface area contributed by atoms with Crippen molar-refractivity contribution in [1.29, 1.82) is 0 Å². The molecule has 6 nitrogen and oxygen atoms in total. The highest BCUT2D eigenvalue weighted by Crippen LogP contribution is 2.20. The number of hydrogen-bond acceptors (Lipinski definition) is 5. The van der Waals surface area contributed by atoms with Crippen molar-refractivity contribution in [3.63, 3.8) is 0 Å². The van der Waals surface area contributed by atoms with Crippen molar-refractivity contribution in [3.8, 4) is 0 Å². The predicted molar refractivity (Wildman–Crippen MR) is 103 cm³/mol. The Kier molecular flexibility index (Phi) is 7.47. The maximum absolute atomic E-state index is 12.1. The van der Waals surface area contributed by atoms with Crippen molar-refractivity contribution in [2.24, 2.45) is 11.7 Å². The fraction of sp³-hybridized carbons (Fsp3) is 0.667. The highest BCUT2D eigenvalue weighted by Gasteiger charge is 2.27. The number of hydrogen-bond donors (Lipinski definition) is 1. The molecule has 0 spiro atoms. The maximum atomic E-state index is 12.1. The van der Waals surface area contributed by atoms with Crippen LogP contribution in [0.25, 0.3) is 0 Å². The molecule has 3 rings (SSSR count). The predicted octanol–water partition coefficient (Wildman–Crippen LogP) is 1.21. The molecule has 0 aromatic carbocycles. The minimum Gasteiger partial charge on any atom is -0.354 e. The van der Waals surface area contributed by atoms with E-state index in [-0.39, 0.29) is 24.4 Å². The Morgan fingerprint density at radius 3 is 2.68 bits per heavy atom. The van der Waals surface area contributed by atoms with Gasteiger partial charge in [0.15, 0.2) is 0 Å². The van der Waals surface area contributed by atoms with Gasteiger partial charge >= 0.3 is 0 Å². The van der Waals surface area contributed by atoms with Crippen molar-refractivity contribution in [1.82, 2.24) is 14.8 Å². The molecule has 140 valence electrons. The summed E-state index contributed by atoms with van der Waals surface area (Å²) >= 11 is 0. The number of rotatable bonds is 4. The van der Waals surface area contributed by atoms with Crippen molar-refractivity contribution in [2.75, 3.05) is 50.7 Å². The van der Waals surface area contributed by atoms with Gasteiger partial charge in [-0.15, -0.1) is 12.4 Å². The molecular formula is C18H30ClN5O. The lowest BCUT2D eigenvalue weighted by atomic mass is 9.96. The van der Waals surface area contributed by atoms with Crippen molar-refractivity contribution < 1.29 is 4.79 Å². The number of likely N-dealkylation sites (tertiary alicyclic amines) is 1. The van der Waals surface area contributed by atoms with Crippen LogP contribution in [0.2, 0.25) is 0 Å². The van der Waals surface area contributed by atoms with E-state index in [1.165, 1.54) is 6.42 Å². The molecule has 2 aliphatic rings. The van der Waals surface area contributed by atoms with E-state index in [0.717, 1.165) is 58.1 Å². The SMILES string of the molecule is CC(N)C(=O)N1CCCC(CN2CCN(c3ccccn3)CC2)C1.Cl. The summed E-state index contributed by atoms with van der Waals surface area (Å²) in [4.78, 5) is 23.4. The van der Waals surface area contributed by atoms with Gasteiger partial charge in [-0.25, -0.2) is 4.98 Å². The summed E-state index contributed by atoms with van der Waals surface area (Å²) in [6.45, 7) is 8.76. The topological polar surface area (TPSA) is 65.7 Å². The highest BCUT2D eigenvalue weighted by molar-refractivity contribution is 5.85. The Balaban J connectivity index is 0.00000225. The van der Waals surface area contributed by atoms with Crippen molar-refractivity contribution in [2.45, 2.75) is 25.8 Å². The van der Waals surface area contributed by atoms with Crippen LogP contribution < -0.4 is 10.6 Å². The second kappa shape index (κ2) is 9.36. The Bertz CT molecular complexity index is 534. The Morgan fingerprint density at radius 2 is 2.04 bits per heavy atom. The van der Waals surface area contributed by atoms with Gasteiger partial charge in [-0.05, 0) is 37.8 Å². The van der Waals surface area contributed by atoms with Gasteiger partial charge in [-0.2, -0.15) is 0 Å². The third-order valence-electron chi connectivity index (χ3n) is 5.08. The van der Waals surface area contributed by atoms with Crippen LogP contribution in [0.4, 0.5) is 5.82 Å². The maximum Gasteiger partial charge on any atom is 0.239 e. The molecule has 0 aliphatic carbocycles. The zero-order valence-electron chi connectivity index (χ0n) is 15.0. The standard InChI is InChI=1S/C18H29N5O.ClH/c1-15(19)18(24)23-8-4-5-16(14-23)13-21-9-11-22(12-10-21)17-6-2-3-7-20-17;/h2-3,6-7,15-16H,4-5,8-14,19H2,1H3;1H. The molecule has 2 saturated heterocycles. The van der Waals surface area contributed by atoms with Crippen LogP contribution in [0.5, 0.6) is 0 Å². The molecule has 0 radical (unpaired) electrons. The zero-order valence-corrected chi connectivity index (χ0v) is 15.8. The monoisotopic (exact) mass is 367 g/mol. The number of nitrogens with zero attached hydrogens (tertiary/aromatic N) is 4. The molecule has 1 aromatic rings. The lowest BCUT2D eigenvalue weighted by molar-refractivity contribution is -0.134. The van der Waals surface area contributed by atoms with Crippen molar-refractivity contribution >= 4 is 24.1 Å². The molecule has 2 unspecified atom stereocenters. The van der Waals surface area contributed by atoms with E-state index in [1.54, 1.807) is 6.92 Å². The number of piperazine rings is 1. The summed E-state index contributed by atoms with van der Waals surface area (Å²) in [6.07, 6.45) is 4.16. The third-order valence-corrected chi connectivity index (χ3v) is 5.08. The summed E-state index contributed by atoms with van der Waals surface area (Å²) in [5.74, 6) is 1.74. The van der Waals surface area contributed by atoms with Crippen LogP contribution in [0.1, 0.15) is 19.8 Å². The first-order valence-electron chi connectivity index (χ1n) is 9.06. The Morgan fingerprint density at radius 1 is 1.28 bits per heavy atom. The van der Waals surface area contributed by atoms with Gasteiger partial charge in [-0.3, -0.25) is 9.69 Å². The molecule has 7 heteroatoms. The van der Waals surface area contributed by atoms with Gasteiger partial charge in [0.05, 0.1) is 6.04 Å². The number of piperidine rings is 1. The average molecular weight is 368 g/mol. The molecule has 2 aliphatic heterocycles. The molecular weight excluding hydrogens is 338 g/mol. The Labute approximate surface area is 156 Å². The van der Waals surface area contributed by atoms with Crippen LogP contribution in [-0.4, -0.2) is 72.5 Å². The van der Waals surface area contributed by atoms with E-state index in [9.17, 15) is 4.79 Å². The molecule has 2 atom stereocenters. The highest BCUT2D eigenvalue weighted by atomic mass is 35.5. The third kappa shape index (κ3) is 5.30. The van der Waals surface area contributed by atoms with Crippen molar-refractivity contribution in [3.05, 3.63) is 24.4 Å². The normalized spacial score (nSPS) is 23.0. The summed E-state index contributed by atoms with van der Waals surface area (Å²) in [6, 6.07) is 5.69. The van der Waals surface area contributed by atoms with Crippen LogP contribution in [0.3, 0.4) is 0 Å². The van der Waals surface area contributed by atoms with Gasteiger partial charge < -0.3 is 15.5 Å². The second-order valence-corrected chi connectivity index (χ2v) is 7.06. The number of carbonyl (C=O) groups excluding carboxylic acids is 1. The number of aromatic nitrogens is 1. The van der Waals surface area contributed by atoms with E-state index >= 15 is 0 Å². The molecule has 0 bridgehead atoms. The quantitative estimate of drug-likeness (QED) is 0.866. The summed E-state index contributed by atoms with van der Waals surface area (Å²) in [7, 11) is 0. The average Bonchev–Trinajstić information content (AvgIpc) is 2.62. The molecule has 2 fully saturated rings. The lowest BCUT2D eigenvalue weighted by Crippen LogP contribution is -2.51. The molecule has 1 amide bonds. The van der Waals surface area contributed by atoms with E-state index in [4.69, 9.17) is 5.73 Å². The van der Waals surface area contributed by atoms with E-state index in [2.05, 4.69) is 20.9 Å². The van der Waals surface area contributed by atoms with Gasteiger partial charge in [0, 0.05) is 52.0 Å². The summed E-state index contributed by atoms with van der Waals surface area (Å²) < 4.78 is 0. The van der Waals surface area contributed by atoms with E-state index < -0.39 is 0 Å². The van der Waals surface area contributed by atoms with Crippen LogP contribution in [-0.2, 0) is 4.79 Å². The van der Waals surface area contributed by atoms with Crippen LogP contribution >= 0.6 is 12.4 Å². The lowest BCUT2D eigenvalue weighted by Gasteiger charge is -2.40.